The highest BCUT2D eigenvalue weighted by atomic mass is 32.2. The first-order valence-electron chi connectivity index (χ1n) is 7.64. The van der Waals surface area contributed by atoms with Crippen molar-refractivity contribution in [1.82, 2.24) is 4.90 Å². The number of nitrogens with zero attached hydrogens (tertiary/aromatic N) is 1. The van der Waals surface area contributed by atoms with Gasteiger partial charge in [-0.2, -0.15) is 0 Å². The highest BCUT2D eigenvalue weighted by Gasteiger charge is 2.38. The average molecular weight is 308 g/mol. The van der Waals surface area contributed by atoms with Crippen LogP contribution in [0, 0.1) is 6.92 Å². The standard InChI is InChI=1S/C16H24N2O2S/c1-11-4-7-15(21(3,19)20)10-16(11)17-12-8-13-5-6-14(9-12)18(13)2/h4,7,10,12-14,17H,5-6,8-9H2,1-3H3. The molecule has 5 heteroatoms. The van der Waals surface area contributed by atoms with Gasteiger partial charge < -0.3 is 10.2 Å². The normalized spacial score (nSPS) is 29.6. The molecule has 2 heterocycles. The largest absolute Gasteiger partial charge is 0.382 e. The summed E-state index contributed by atoms with van der Waals surface area (Å²) >= 11 is 0. The Kier molecular flexibility index (Phi) is 3.74. The maximum atomic E-state index is 11.7. The third-order valence-electron chi connectivity index (χ3n) is 5.10. The van der Waals surface area contributed by atoms with E-state index < -0.39 is 9.84 Å². The molecule has 0 aromatic heterocycles. The average Bonchev–Trinajstić information content (AvgIpc) is 2.62. The monoisotopic (exact) mass is 308 g/mol. The fourth-order valence-electron chi connectivity index (χ4n) is 3.74. The van der Waals surface area contributed by atoms with E-state index in [1.807, 2.05) is 13.0 Å². The summed E-state index contributed by atoms with van der Waals surface area (Å²) in [6.45, 7) is 2.03. The van der Waals surface area contributed by atoms with Gasteiger partial charge in [-0.3, -0.25) is 0 Å². The number of sulfone groups is 1. The molecule has 4 nitrogen and oxygen atoms in total. The number of anilines is 1. The Hall–Kier alpha value is -1.07. The summed E-state index contributed by atoms with van der Waals surface area (Å²) in [7, 11) is -0.919. The van der Waals surface area contributed by atoms with Gasteiger partial charge in [0.25, 0.3) is 0 Å². The van der Waals surface area contributed by atoms with E-state index in [9.17, 15) is 8.42 Å². The Bertz CT molecular complexity index is 628. The van der Waals surface area contributed by atoms with Crippen molar-refractivity contribution in [3.05, 3.63) is 23.8 Å². The fraction of sp³-hybridized carbons (Fsp3) is 0.625. The molecule has 1 aromatic carbocycles. The number of aryl methyl sites for hydroxylation is 1. The van der Waals surface area contributed by atoms with Gasteiger partial charge >= 0.3 is 0 Å². The summed E-state index contributed by atoms with van der Waals surface area (Å²) in [6, 6.07) is 7.17. The van der Waals surface area contributed by atoms with Crippen molar-refractivity contribution in [1.29, 1.82) is 0 Å². The first kappa shape index (κ1) is 14.9. The first-order valence-corrected chi connectivity index (χ1v) is 9.53. The van der Waals surface area contributed by atoms with Gasteiger partial charge in [-0.1, -0.05) is 6.07 Å². The number of rotatable bonds is 3. The topological polar surface area (TPSA) is 49.4 Å². The summed E-state index contributed by atoms with van der Waals surface area (Å²) in [5.74, 6) is 0. The molecule has 2 saturated heterocycles. The number of fused-ring (bicyclic) bond motifs is 2. The van der Waals surface area contributed by atoms with Crippen molar-refractivity contribution in [3.63, 3.8) is 0 Å². The predicted molar refractivity (Wildman–Crippen MR) is 85.5 cm³/mol. The van der Waals surface area contributed by atoms with Crippen LogP contribution in [0.15, 0.2) is 23.1 Å². The Morgan fingerprint density at radius 3 is 2.38 bits per heavy atom. The van der Waals surface area contributed by atoms with E-state index in [4.69, 9.17) is 0 Å². The second-order valence-electron chi connectivity index (χ2n) is 6.61. The van der Waals surface area contributed by atoms with Crippen molar-refractivity contribution >= 4 is 15.5 Å². The van der Waals surface area contributed by atoms with Crippen LogP contribution in [0.3, 0.4) is 0 Å². The molecule has 0 aliphatic carbocycles. The Balaban J connectivity index is 1.79. The molecule has 2 aliphatic heterocycles. The van der Waals surface area contributed by atoms with Crippen LogP contribution in [0.25, 0.3) is 0 Å². The summed E-state index contributed by atoms with van der Waals surface area (Å²) in [5.41, 5.74) is 2.07. The lowest BCUT2D eigenvalue weighted by Crippen LogP contribution is -2.44. The third kappa shape index (κ3) is 2.94. The highest BCUT2D eigenvalue weighted by molar-refractivity contribution is 7.90. The minimum Gasteiger partial charge on any atom is -0.382 e. The molecule has 2 fully saturated rings. The molecule has 2 atom stereocenters. The second kappa shape index (κ2) is 5.29. The van der Waals surface area contributed by atoms with E-state index in [1.54, 1.807) is 12.1 Å². The van der Waals surface area contributed by atoms with E-state index in [2.05, 4.69) is 17.3 Å². The summed E-state index contributed by atoms with van der Waals surface area (Å²) in [6.07, 6.45) is 6.14. The van der Waals surface area contributed by atoms with Crippen LogP contribution < -0.4 is 5.32 Å². The van der Waals surface area contributed by atoms with Crippen LogP contribution in [0.4, 0.5) is 5.69 Å². The molecule has 0 radical (unpaired) electrons. The zero-order valence-corrected chi connectivity index (χ0v) is 13.8. The zero-order valence-electron chi connectivity index (χ0n) is 13.0. The molecule has 1 aromatic rings. The van der Waals surface area contributed by atoms with Crippen LogP contribution >= 0.6 is 0 Å². The van der Waals surface area contributed by atoms with Crippen LogP contribution in [0.2, 0.25) is 0 Å². The van der Waals surface area contributed by atoms with Crippen molar-refractivity contribution in [2.45, 2.75) is 55.6 Å². The smallest absolute Gasteiger partial charge is 0.175 e. The number of benzene rings is 1. The summed E-state index contributed by atoms with van der Waals surface area (Å²) in [5, 5.41) is 3.59. The first-order chi connectivity index (χ1) is 9.84. The van der Waals surface area contributed by atoms with Gasteiger partial charge in [0.1, 0.15) is 0 Å². The molecular formula is C16H24N2O2S. The van der Waals surface area contributed by atoms with Crippen molar-refractivity contribution in [2.75, 3.05) is 18.6 Å². The number of hydrogen-bond donors (Lipinski definition) is 1. The Morgan fingerprint density at radius 2 is 1.81 bits per heavy atom. The van der Waals surface area contributed by atoms with Gasteiger partial charge in [0.2, 0.25) is 0 Å². The molecule has 0 spiro atoms. The van der Waals surface area contributed by atoms with Gasteiger partial charge in [0.15, 0.2) is 9.84 Å². The van der Waals surface area contributed by atoms with Gasteiger partial charge in [-0.15, -0.1) is 0 Å². The molecule has 3 rings (SSSR count). The van der Waals surface area contributed by atoms with E-state index in [-0.39, 0.29) is 0 Å². The Labute approximate surface area is 127 Å². The molecule has 2 unspecified atom stereocenters. The minimum absolute atomic E-state index is 0.395. The number of piperidine rings is 1. The van der Waals surface area contributed by atoms with Gasteiger partial charge in [-0.25, -0.2) is 8.42 Å². The molecule has 2 bridgehead atoms. The lowest BCUT2D eigenvalue weighted by molar-refractivity contribution is 0.169. The van der Waals surface area contributed by atoms with Crippen molar-refractivity contribution < 1.29 is 8.42 Å². The van der Waals surface area contributed by atoms with E-state index >= 15 is 0 Å². The maximum Gasteiger partial charge on any atom is 0.175 e. The van der Waals surface area contributed by atoms with Crippen LogP contribution in [-0.2, 0) is 9.84 Å². The van der Waals surface area contributed by atoms with Gasteiger partial charge in [0.05, 0.1) is 4.90 Å². The summed E-state index contributed by atoms with van der Waals surface area (Å²) < 4.78 is 23.4. The highest BCUT2D eigenvalue weighted by Crippen LogP contribution is 2.36. The predicted octanol–water partition coefficient (Wildman–Crippen LogP) is 2.44. The zero-order chi connectivity index (χ0) is 15.2. The molecule has 116 valence electrons. The van der Waals surface area contributed by atoms with E-state index in [0.29, 0.717) is 23.0 Å². The van der Waals surface area contributed by atoms with E-state index in [0.717, 1.165) is 24.1 Å². The molecule has 21 heavy (non-hydrogen) atoms. The van der Waals surface area contributed by atoms with Gasteiger partial charge in [0, 0.05) is 30.1 Å². The Morgan fingerprint density at radius 1 is 1.19 bits per heavy atom. The second-order valence-corrected chi connectivity index (χ2v) is 8.63. The molecular weight excluding hydrogens is 284 g/mol. The number of hydrogen-bond acceptors (Lipinski definition) is 4. The van der Waals surface area contributed by atoms with E-state index in [1.165, 1.54) is 19.1 Å². The lowest BCUT2D eigenvalue weighted by Gasteiger charge is -2.37. The quantitative estimate of drug-likeness (QED) is 0.932. The molecule has 0 amide bonds. The van der Waals surface area contributed by atoms with Crippen LogP contribution in [-0.4, -0.2) is 44.7 Å². The van der Waals surface area contributed by atoms with Crippen molar-refractivity contribution in [3.8, 4) is 0 Å². The third-order valence-corrected chi connectivity index (χ3v) is 6.21. The fourth-order valence-corrected chi connectivity index (χ4v) is 4.38. The minimum atomic E-state index is -3.15. The summed E-state index contributed by atoms with van der Waals surface area (Å²) in [4.78, 5) is 2.91. The van der Waals surface area contributed by atoms with Crippen LogP contribution in [0.5, 0.6) is 0 Å². The molecule has 0 saturated carbocycles. The molecule has 1 N–H and O–H groups in total. The van der Waals surface area contributed by atoms with Crippen molar-refractivity contribution in [2.24, 2.45) is 0 Å². The number of nitrogens with one attached hydrogen (secondary N) is 1. The van der Waals surface area contributed by atoms with Gasteiger partial charge in [-0.05, 0) is 57.4 Å². The molecule has 2 aliphatic rings. The SMILES string of the molecule is Cc1ccc(S(C)(=O)=O)cc1NC1CC2CCC(C1)N2C. The maximum absolute atomic E-state index is 11.7. The lowest BCUT2D eigenvalue weighted by atomic mass is 9.97. The van der Waals surface area contributed by atoms with Crippen LogP contribution in [0.1, 0.15) is 31.2 Å².